The average Bonchev–Trinajstić information content (AvgIpc) is 2.70. The van der Waals surface area contributed by atoms with E-state index in [9.17, 15) is 9.59 Å². The highest BCUT2D eigenvalue weighted by Gasteiger charge is 2.18. The van der Waals surface area contributed by atoms with E-state index in [1.165, 1.54) is 33.5 Å². The molecule has 0 fully saturated rings. The van der Waals surface area contributed by atoms with Gasteiger partial charge in [-0.2, -0.15) is 0 Å². The van der Waals surface area contributed by atoms with Crippen LogP contribution in [-0.2, 0) is 4.79 Å². The van der Waals surface area contributed by atoms with Gasteiger partial charge in [0.2, 0.25) is 11.7 Å². The van der Waals surface area contributed by atoms with Crippen LogP contribution in [0.15, 0.2) is 40.9 Å². The number of methoxy groups -OCH3 is 3. The zero-order valence-electron chi connectivity index (χ0n) is 16.2. The second kappa shape index (κ2) is 9.98. The molecule has 150 valence electrons. The van der Waals surface area contributed by atoms with Gasteiger partial charge in [-0.05, 0) is 30.7 Å². The second-order valence-electron chi connectivity index (χ2n) is 5.91. The summed E-state index contributed by atoms with van der Waals surface area (Å²) >= 11 is 3.46. The van der Waals surface area contributed by atoms with Crippen LogP contribution in [-0.4, -0.2) is 39.7 Å². The van der Waals surface area contributed by atoms with Crippen molar-refractivity contribution in [3.8, 4) is 17.2 Å². The molecular formula is C20H23BrN2O5. The van der Waals surface area contributed by atoms with Gasteiger partial charge in [0.1, 0.15) is 0 Å². The molecule has 1 atom stereocenters. The summed E-state index contributed by atoms with van der Waals surface area (Å²) in [4.78, 5) is 24.7. The standard InChI is InChI=1S/C20H23BrN2O5/c1-12(14-7-5-6-8-15(14)21)23-18(24)11-22-20(25)13-9-16(26-2)19(28-4)17(10-13)27-3/h5-10,12H,11H2,1-4H3,(H,22,25)(H,23,24). The average molecular weight is 451 g/mol. The highest BCUT2D eigenvalue weighted by molar-refractivity contribution is 9.10. The Morgan fingerprint density at radius 3 is 2.18 bits per heavy atom. The minimum atomic E-state index is -0.428. The Labute approximate surface area is 172 Å². The van der Waals surface area contributed by atoms with E-state index in [0.29, 0.717) is 22.8 Å². The third-order valence-electron chi connectivity index (χ3n) is 4.09. The Bertz CT molecular complexity index is 831. The summed E-state index contributed by atoms with van der Waals surface area (Å²) in [5.41, 5.74) is 1.24. The molecule has 0 spiro atoms. The van der Waals surface area contributed by atoms with E-state index in [1.54, 1.807) is 0 Å². The topological polar surface area (TPSA) is 85.9 Å². The first-order valence-electron chi connectivity index (χ1n) is 8.53. The lowest BCUT2D eigenvalue weighted by atomic mass is 10.1. The Morgan fingerprint density at radius 1 is 1.04 bits per heavy atom. The van der Waals surface area contributed by atoms with Gasteiger partial charge in [-0.1, -0.05) is 34.1 Å². The van der Waals surface area contributed by atoms with Gasteiger partial charge in [0.25, 0.3) is 5.91 Å². The maximum absolute atomic E-state index is 12.4. The van der Waals surface area contributed by atoms with Gasteiger partial charge in [-0.25, -0.2) is 0 Å². The fourth-order valence-electron chi connectivity index (χ4n) is 2.67. The number of nitrogens with one attached hydrogen (secondary N) is 2. The van der Waals surface area contributed by atoms with Crippen molar-refractivity contribution in [3.63, 3.8) is 0 Å². The molecule has 28 heavy (non-hydrogen) atoms. The van der Waals surface area contributed by atoms with Crippen LogP contribution in [0, 0.1) is 0 Å². The van der Waals surface area contributed by atoms with Crippen LogP contribution in [0.25, 0.3) is 0 Å². The molecule has 0 saturated heterocycles. The Kier molecular flexibility index (Phi) is 7.69. The molecule has 2 aromatic carbocycles. The van der Waals surface area contributed by atoms with E-state index in [-0.39, 0.29) is 18.5 Å². The number of benzene rings is 2. The molecule has 0 aliphatic heterocycles. The molecule has 0 aliphatic carbocycles. The van der Waals surface area contributed by atoms with E-state index in [2.05, 4.69) is 26.6 Å². The summed E-state index contributed by atoms with van der Waals surface area (Å²) in [6, 6.07) is 10.5. The van der Waals surface area contributed by atoms with Crippen LogP contribution in [0.5, 0.6) is 17.2 Å². The predicted octanol–water partition coefficient (Wildman–Crippen LogP) is 3.08. The first kappa shape index (κ1) is 21.6. The first-order chi connectivity index (χ1) is 13.4. The smallest absolute Gasteiger partial charge is 0.251 e. The molecule has 0 radical (unpaired) electrons. The van der Waals surface area contributed by atoms with E-state index < -0.39 is 5.91 Å². The summed E-state index contributed by atoms with van der Waals surface area (Å²) in [5, 5.41) is 5.45. The summed E-state index contributed by atoms with van der Waals surface area (Å²) < 4.78 is 16.6. The van der Waals surface area contributed by atoms with Crippen molar-refractivity contribution in [1.82, 2.24) is 10.6 Å². The third-order valence-corrected chi connectivity index (χ3v) is 4.81. The molecule has 8 heteroatoms. The minimum absolute atomic E-state index is 0.162. The summed E-state index contributed by atoms with van der Waals surface area (Å²) in [6.45, 7) is 1.71. The SMILES string of the molecule is COc1cc(C(=O)NCC(=O)NC(C)c2ccccc2Br)cc(OC)c1OC. The van der Waals surface area contributed by atoms with E-state index in [4.69, 9.17) is 14.2 Å². The highest BCUT2D eigenvalue weighted by atomic mass is 79.9. The monoisotopic (exact) mass is 450 g/mol. The number of amides is 2. The van der Waals surface area contributed by atoms with Gasteiger partial charge in [0, 0.05) is 10.0 Å². The van der Waals surface area contributed by atoms with Crippen LogP contribution < -0.4 is 24.8 Å². The highest BCUT2D eigenvalue weighted by Crippen LogP contribution is 2.38. The lowest BCUT2D eigenvalue weighted by Gasteiger charge is -2.16. The number of hydrogen-bond donors (Lipinski definition) is 2. The van der Waals surface area contributed by atoms with Gasteiger partial charge in [0.05, 0.1) is 33.9 Å². The Hall–Kier alpha value is -2.74. The molecular weight excluding hydrogens is 428 g/mol. The minimum Gasteiger partial charge on any atom is -0.493 e. The quantitative estimate of drug-likeness (QED) is 0.645. The molecule has 0 aromatic heterocycles. The molecule has 2 rings (SSSR count). The van der Waals surface area contributed by atoms with Gasteiger partial charge >= 0.3 is 0 Å². The summed E-state index contributed by atoms with van der Waals surface area (Å²) in [6.07, 6.45) is 0. The third kappa shape index (κ3) is 5.16. The number of carbonyl (C=O) groups is 2. The maximum atomic E-state index is 12.4. The lowest BCUT2D eigenvalue weighted by molar-refractivity contribution is -0.120. The molecule has 2 aromatic rings. The fraction of sp³-hybridized carbons (Fsp3) is 0.300. The van der Waals surface area contributed by atoms with Gasteiger partial charge in [0.15, 0.2) is 11.5 Å². The van der Waals surface area contributed by atoms with Crippen molar-refractivity contribution in [1.29, 1.82) is 0 Å². The van der Waals surface area contributed by atoms with Crippen LogP contribution in [0.3, 0.4) is 0 Å². The summed E-state index contributed by atoms with van der Waals surface area (Å²) in [5.74, 6) is 0.381. The van der Waals surface area contributed by atoms with Crippen LogP contribution >= 0.6 is 15.9 Å². The predicted molar refractivity (Wildman–Crippen MR) is 109 cm³/mol. The zero-order valence-corrected chi connectivity index (χ0v) is 17.8. The normalized spacial score (nSPS) is 11.3. The molecule has 0 saturated carbocycles. The van der Waals surface area contributed by atoms with Crippen molar-refractivity contribution < 1.29 is 23.8 Å². The van der Waals surface area contributed by atoms with Crippen LogP contribution in [0.1, 0.15) is 28.9 Å². The van der Waals surface area contributed by atoms with Crippen molar-refractivity contribution in [2.24, 2.45) is 0 Å². The van der Waals surface area contributed by atoms with Crippen molar-refractivity contribution in [2.75, 3.05) is 27.9 Å². The van der Waals surface area contributed by atoms with Crippen molar-refractivity contribution >= 4 is 27.7 Å². The van der Waals surface area contributed by atoms with Crippen LogP contribution in [0.4, 0.5) is 0 Å². The first-order valence-corrected chi connectivity index (χ1v) is 9.32. The molecule has 0 bridgehead atoms. The number of halogens is 1. The molecule has 2 amide bonds. The van der Waals surface area contributed by atoms with Crippen molar-refractivity contribution in [3.05, 3.63) is 52.0 Å². The molecule has 2 N–H and O–H groups in total. The lowest BCUT2D eigenvalue weighted by Crippen LogP contribution is -2.38. The number of rotatable bonds is 8. The molecule has 7 nitrogen and oxygen atoms in total. The molecule has 1 unspecified atom stereocenters. The van der Waals surface area contributed by atoms with Gasteiger partial charge < -0.3 is 24.8 Å². The van der Waals surface area contributed by atoms with Crippen LogP contribution in [0.2, 0.25) is 0 Å². The molecule has 0 aliphatic rings. The summed E-state index contributed by atoms with van der Waals surface area (Å²) in [7, 11) is 4.42. The van der Waals surface area contributed by atoms with Gasteiger partial charge in [-0.15, -0.1) is 0 Å². The van der Waals surface area contributed by atoms with E-state index in [1.807, 2.05) is 31.2 Å². The van der Waals surface area contributed by atoms with E-state index in [0.717, 1.165) is 10.0 Å². The number of hydrogen-bond acceptors (Lipinski definition) is 5. The maximum Gasteiger partial charge on any atom is 0.251 e. The number of carbonyl (C=O) groups excluding carboxylic acids is 2. The second-order valence-corrected chi connectivity index (χ2v) is 6.76. The van der Waals surface area contributed by atoms with Gasteiger partial charge in [-0.3, -0.25) is 9.59 Å². The fourth-order valence-corrected chi connectivity index (χ4v) is 3.30. The number of ether oxygens (including phenoxy) is 3. The molecule has 0 heterocycles. The largest absolute Gasteiger partial charge is 0.493 e. The van der Waals surface area contributed by atoms with Crippen molar-refractivity contribution in [2.45, 2.75) is 13.0 Å². The van der Waals surface area contributed by atoms with E-state index >= 15 is 0 Å². The Morgan fingerprint density at radius 2 is 1.64 bits per heavy atom. The Balaban J connectivity index is 2.01. The zero-order chi connectivity index (χ0) is 20.7.